The van der Waals surface area contributed by atoms with Gasteiger partial charge in [-0.25, -0.2) is 18.8 Å². The van der Waals surface area contributed by atoms with Crippen LogP contribution in [-0.2, 0) is 14.8 Å². The number of nitrogens with zero attached hydrogens (tertiary/aromatic N) is 3. The average Bonchev–Trinajstić information content (AvgIpc) is 2.91. The van der Waals surface area contributed by atoms with Crippen LogP contribution in [0.5, 0.6) is 11.5 Å². The van der Waals surface area contributed by atoms with Crippen LogP contribution in [0.3, 0.4) is 0 Å². The van der Waals surface area contributed by atoms with Crippen LogP contribution >= 0.6 is 11.6 Å². The van der Waals surface area contributed by atoms with Crippen molar-refractivity contribution in [3.63, 3.8) is 0 Å². The third-order valence-corrected chi connectivity index (χ3v) is 7.73. The van der Waals surface area contributed by atoms with Crippen LogP contribution in [0.15, 0.2) is 82.8 Å². The molecule has 38 heavy (non-hydrogen) atoms. The number of halogens is 1. The normalized spacial score (nSPS) is 11.5. The summed E-state index contributed by atoms with van der Waals surface area (Å²) in [5.41, 5.74) is 4.66. The molecule has 0 saturated carbocycles. The van der Waals surface area contributed by atoms with Crippen LogP contribution in [0, 0.1) is 6.92 Å². The highest BCUT2D eigenvalue weighted by atomic mass is 35.5. The lowest BCUT2D eigenvalue weighted by molar-refractivity contribution is -0.119. The molecule has 4 aromatic rings. The van der Waals surface area contributed by atoms with E-state index in [1.165, 1.54) is 31.5 Å². The Morgan fingerprint density at radius 1 is 1.03 bits per heavy atom. The lowest BCUT2D eigenvalue weighted by atomic mass is 10.1. The summed E-state index contributed by atoms with van der Waals surface area (Å²) in [6, 6.07) is 20.0. The van der Waals surface area contributed by atoms with Gasteiger partial charge in [0.2, 0.25) is 0 Å². The van der Waals surface area contributed by atoms with Crippen molar-refractivity contribution in [2.24, 2.45) is 5.10 Å². The second-order valence-corrected chi connectivity index (χ2v) is 10.5. The molecular formula is C27H25ClN4O5S. The van der Waals surface area contributed by atoms with E-state index >= 15 is 0 Å². The predicted octanol–water partition coefficient (Wildman–Crippen LogP) is 4.56. The molecule has 0 aliphatic rings. The molecule has 11 heteroatoms. The first-order chi connectivity index (χ1) is 18.2. The number of methoxy groups -OCH3 is 2. The van der Waals surface area contributed by atoms with Crippen molar-refractivity contribution in [2.75, 3.05) is 25.1 Å². The summed E-state index contributed by atoms with van der Waals surface area (Å²) < 4.78 is 38.5. The standard InChI is InChI=1S/C27H25ClN4O5S/c1-18-7-11-24(12-8-18)38(34,35)32(21-5-4-6-22(14-21)36-2)17-26(33)31-29-16-20-13-19-9-10-23(37-3)15-25(19)30-27(20)28/h4-16H,17H2,1-3H3,(H,31,33)/b29-16-. The van der Waals surface area contributed by atoms with E-state index in [2.05, 4.69) is 15.5 Å². The number of fused-ring (bicyclic) bond motifs is 1. The molecule has 196 valence electrons. The van der Waals surface area contributed by atoms with E-state index in [1.807, 2.05) is 13.0 Å². The Labute approximate surface area is 225 Å². The molecule has 9 nitrogen and oxygen atoms in total. The van der Waals surface area contributed by atoms with Crippen molar-refractivity contribution in [2.45, 2.75) is 11.8 Å². The number of amides is 1. The largest absolute Gasteiger partial charge is 0.497 e. The Kier molecular flexibility index (Phi) is 8.13. The highest BCUT2D eigenvalue weighted by Gasteiger charge is 2.27. The molecule has 4 rings (SSSR count). The van der Waals surface area contributed by atoms with Gasteiger partial charge in [0.15, 0.2) is 0 Å². The number of anilines is 1. The van der Waals surface area contributed by atoms with E-state index in [0.29, 0.717) is 22.6 Å². The Hall–Kier alpha value is -4.15. The third-order valence-electron chi connectivity index (χ3n) is 5.64. The molecule has 1 amide bonds. The first kappa shape index (κ1) is 26.9. The number of aromatic nitrogens is 1. The predicted molar refractivity (Wildman–Crippen MR) is 148 cm³/mol. The molecular weight excluding hydrogens is 528 g/mol. The zero-order chi connectivity index (χ0) is 27.3. The Bertz CT molecular complexity index is 1610. The summed E-state index contributed by atoms with van der Waals surface area (Å²) in [4.78, 5) is 17.2. The molecule has 1 heterocycles. The fourth-order valence-electron chi connectivity index (χ4n) is 3.61. The van der Waals surface area contributed by atoms with Gasteiger partial charge in [-0.15, -0.1) is 0 Å². The van der Waals surface area contributed by atoms with Gasteiger partial charge in [-0.05, 0) is 49.4 Å². The second-order valence-electron chi connectivity index (χ2n) is 8.25. The first-order valence-corrected chi connectivity index (χ1v) is 13.2. The van der Waals surface area contributed by atoms with Crippen LogP contribution in [-0.4, -0.2) is 46.3 Å². The second kappa shape index (κ2) is 11.5. The number of hydrazone groups is 1. The van der Waals surface area contributed by atoms with Gasteiger partial charge >= 0.3 is 0 Å². The van der Waals surface area contributed by atoms with Gasteiger partial charge < -0.3 is 9.47 Å². The summed E-state index contributed by atoms with van der Waals surface area (Å²) in [5, 5.41) is 4.96. The molecule has 1 N–H and O–H groups in total. The molecule has 3 aromatic carbocycles. The van der Waals surface area contributed by atoms with E-state index in [4.69, 9.17) is 21.1 Å². The minimum atomic E-state index is -4.08. The summed E-state index contributed by atoms with van der Waals surface area (Å²) in [5.74, 6) is 0.436. The Morgan fingerprint density at radius 2 is 1.74 bits per heavy atom. The molecule has 0 fully saturated rings. The van der Waals surface area contributed by atoms with Crippen molar-refractivity contribution in [1.29, 1.82) is 0 Å². The van der Waals surface area contributed by atoms with Gasteiger partial charge in [-0.2, -0.15) is 5.10 Å². The lowest BCUT2D eigenvalue weighted by Gasteiger charge is -2.24. The summed E-state index contributed by atoms with van der Waals surface area (Å²) in [6.45, 7) is 1.33. The maximum Gasteiger partial charge on any atom is 0.264 e. The van der Waals surface area contributed by atoms with Gasteiger partial charge in [-0.1, -0.05) is 35.4 Å². The van der Waals surface area contributed by atoms with Crippen LogP contribution in [0.2, 0.25) is 5.15 Å². The molecule has 0 aliphatic carbocycles. The summed E-state index contributed by atoms with van der Waals surface area (Å²) >= 11 is 6.29. The number of ether oxygens (including phenoxy) is 2. The highest BCUT2D eigenvalue weighted by molar-refractivity contribution is 7.92. The van der Waals surface area contributed by atoms with Crippen LogP contribution < -0.4 is 19.2 Å². The number of nitrogens with one attached hydrogen (secondary N) is 1. The number of aryl methyl sites for hydroxylation is 1. The van der Waals surface area contributed by atoms with E-state index < -0.39 is 22.5 Å². The fourth-order valence-corrected chi connectivity index (χ4v) is 5.22. The first-order valence-electron chi connectivity index (χ1n) is 11.4. The monoisotopic (exact) mass is 552 g/mol. The molecule has 0 atom stereocenters. The minimum Gasteiger partial charge on any atom is -0.497 e. The van der Waals surface area contributed by atoms with Gasteiger partial charge in [0.25, 0.3) is 15.9 Å². The van der Waals surface area contributed by atoms with Crippen LogP contribution in [0.1, 0.15) is 11.1 Å². The van der Waals surface area contributed by atoms with Crippen LogP contribution in [0.4, 0.5) is 5.69 Å². The minimum absolute atomic E-state index is 0.0490. The molecule has 0 spiro atoms. The van der Waals surface area contributed by atoms with Crippen molar-refractivity contribution in [1.82, 2.24) is 10.4 Å². The number of sulfonamides is 1. The van der Waals surface area contributed by atoms with Crippen molar-refractivity contribution >= 4 is 50.3 Å². The number of hydrogen-bond donors (Lipinski definition) is 1. The summed E-state index contributed by atoms with van der Waals surface area (Å²) in [6.07, 6.45) is 1.35. The zero-order valence-corrected chi connectivity index (χ0v) is 22.5. The van der Waals surface area contributed by atoms with Gasteiger partial charge in [-0.3, -0.25) is 9.10 Å². The molecule has 0 aliphatic heterocycles. The molecule has 0 bridgehead atoms. The van der Waals surface area contributed by atoms with E-state index in [0.717, 1.165) is 15.3 Å². The van der Waals surface area contributed by atoms with Gasteiger partial charge in [0.1, 0.15) is 23.2 Å². The number of carbonyl (C=O) groups excluding carboxylic acids is 1. The number of carbonyl (C=O) groups is 1. The number of rotatable bonds is 9. The van der Waals surface area contributed by atoms with E-state index in [1.54, 1.807) is 55.6 Å². The molecule has 0 unspecified atom stereocenters. The SMILES string of the molecule is COc1cccc(N(CC(=O)N/N=C\c2cc3ccc(OC)cc3nc2Cl)S(=O)(=O)c2ccc(C)cc2)c1. The Morgan fingerprint density at radius 3 is 2.45 bits per heavy atom. The lowest BCUT2D eigenvalue weighted by Crippen LogP contribution is -2.39. The maximum atomic E-state index is 13.5. The average molecular weight is 553 g/mol. The van der Waals surface area contributed by atoms with Gasteiger partial charge in [0.05, 0.1) is 36.5 Å². The third kappa shape index (κ3) is 6.04. The molecule has 0 radical (unpaired) electrons. The van der Waals surface area contributed by atoms with Crippen molar-refractivity contribution in [3.8, 4) is 11.5 Å². The number of benzene rings is 3. The highest BCUT2D eigenvalue weighted by Crippen LogP contribution is 2.27. The number of hydrogen-bond acceptors (Lipinski definition) is 7. The summed E-state index contributed by atoms with van der Waals surface area (Å²) in [7, 11) is -1.04. The van der Waals surface area contributed by atoms with E-state index in [-0.39, 0.29) is 15.7 Å². The molecule has 1 aromatic heterocycles. The van der Waals surface area contributed by atoms with Crippen molar-refractivity contribution in [3.05, 3.63) is 89.1 Å². The molecule has 0 saturated heterocycles. The zero-order valence-electron chi connectivity index (χ0n) is 20.9. The quantitative estimate of drug-likeness (QED) is 0.185. The topological polar surface area (TPSA) is 110 Å². The number of pyridine rings is 1. The van der Waals surface area contributed by atoms with Crippen LogP contribution in [0.25, 0.3) is 10.9 Å². The van der Waals surface area contributed by atoms with Gasteiger partial charge in [0, 0.05) is 23.1 Å². The maximum absolute atomic E-state index is 13.5. The Balaban J connectivity index is 1.57. The van der Waals surface area contributed by atoms with Crippen molar-refractivity contribution < 1.29 is 22.7 Å². The van der Waals surface area contributed by atoms with E-state index in [9.17, 15) is 13.2 Å². The fraction of sp³-hybridized carbons (Fsp3) is 0.148. The smallest absolute Gasteiger partial charge is 0.264 e.